The fourth-order valence-corrected chi connectivity index (χ4v) is 6.16. The first-order valence-electron chi connectivity index (χ1n) is 16.7. The van der Waals surface area contributed by atoms with Crippen LogP contribution >= 0.6 is 0 Å². The molecule has 2 aromatic carbocycles. The van der Waals surface area contributed by atoms with Crippen LogP contribution in [-0.2, 0) is 27.5 Å². The number of nitrogens with zero attached hydrogens (tertiary/aromatic N) is 5. The summed E-state index contributed by atoms with van der Waals surface area (Å²) in [5, 5.41) is 0. The van der Waals surface area contributed by atoms with E-state index < -0.39 is 0 Å². The van der Waals surface area contributed by atoms with Crippen molar-refractivity contribution in [2.75, 3.05) is 63.2 Å². The molecule has 0 spiro atoms. The molecular formula is C37H49N5O4. The number of unbranched alkanes of at least 4 members (excludes halogenated alkanes) is 2. The summed E-state index contributed by atoms with van der Waals surface area (Å²) in [6, 6.07) is 18.3. The Kier molecular flexibility index (Phi) is 12.2. The molecule has 2 aliphatic rings. The molecule has 1 fully saturated rings. The predicted octanol–water partition coefficient (Wildman–Crippen LogP) is 5.45. The number of rotatable bonds is 15. The SMILES string of the molecule is Cc1ccccc1CN(CCCCCOc1ccc2c(c1)N(C)C(=O)CC(=O)N2C)CCN1CCC(OCc2cccnc2)CC1. The van der Waals surface area contributed by atoms with Gasteiger partial charge in [-0.2, -0.15) is 0 Å². The number of ether oxygens (including phenoxy) is 2. The molecule has 9 heteroatoms. The molecule has 1 saturated heterocycles. The number of amides is 2. The summed E-state index contributed by atoms with van der Waals surface area (Å²) in [7, 11) is 3.42. The second kappa shape index (κ2) is 16.7. The molecular weight excluding hydrogens is 578 g/mol. The van der Waals surface area contributed by atoms with Gasteiger partial charge in [-0.3, -0.25) is 19.5 Å². The molecule has 1 aromatic heterocycles. The van der Waals surface area contributed by atoms with Gasteiger partial charge in [-0.05, 0) is 80.5 Å². The van der Waals surface area contributed by atoms with Gasteiger partial charge in [-0.25, -0.2) is 0 Å². The Morgan fingerprint density at radius 3 is 2.43 bits per heavy atom. The van der Waals surface area contributed by atoms with Crippen molar-refractivity contribution < 1.29 is 19.1 Å². The lowest BCUT2D eigenvalue weighted by molar-refractivity contribution is -0.125. The van der Waals surface area contributed by atoms with Gasteiger partial charge in [0.05, 0.1) is 30.7 Å². The topological polar surface area (TPSA) is 78.5 Å². The van der Waals surface area contributed by atoms with E-state index in [-0.39, 0.29) is 18.2 Å². The Hall–Kier alpha value is -3.79. The van der Waals surface area contributed by atoms with Crippen LogP contribution in [0.1, 0.15) is 55.2 Å². The minimum absolute atomic E-state index is 0.125. The van der Waals surface area contributed by atoms with Crippen molar-refractivity contribution >= 4 is 23.2 Å². The lowest BCUT2D eigenvalue weighted by atomic mass is 10.1. The van der Waals surface area contributed by atoms with Crippen molar-refractivity contribution in [3.8, 4) is 5.75 Å². The van der Waals surface area contributed by atoms with Crippen LogP contribution in [0, 0.1) is 6.92 Å². The highest BCUT2D eigenvalue weighted by Crippen LogP contribution is 2.35. The molecule has 0 unspecified atom stereocenters. The number of fused-ring (bicyclic) bond motifs is 1. The quantitative estimate of drug-likeness (QED) is 0.164. The number of aryl methyl sites for hydroxylation is 1. The molecule has 3 aromatic rings. The number of pyridine rings is 1. The summed E-state index contributed by atoms with van der Waals surface area (Å²) >= 11 is 0. The van der Waals surface area contributed by atoms with E-state index in [0.717, 1.165) is 82.6 Å². The monoisotopic (exact) mass is 627 g/mol. The molecule has 0 saturated carbocycles. The van der Waals surface area contributed by atoms with Gasteiger partial charge in [0, 0.05) is 65.3 Å². The zero-order chi connectivity index (χ0) is 32.3. The first-order valence-corrected chi connectivity index (χ1v) is 16.7. The standard InChI is InChI=1S/C37H49N5O4/c1-29-10-5-6-12-31(29)27-42(22-21-41-19-15-32(16-20-41)46-28-30-11-9-17-38-26-30)18-7-4-8-23-45-33-13-14-34-35(24-33)40(3)37(44)25-36(43)39(34)2/h5-6,9-14,17,24,26,32H,4,7-8,15-16,18-23,25,27-28H2,1-3H3. The minimum Gasteiger partial charge on any atom is -0.494 e. The summed E-state index contributed by atoms with van der Waals surface area (Å²) in [4.78, 5) is 37.2. The molecule has 3 heterocycles. The van der Waals surface area contributed by atoms with Crippen molar-refractivity contribution in [3.05, 3.63) is 83.7 Å². The van der Waals surface area contributed by atoms with Crippen molar-refractivity contribution in [1.29, 1.82) is 0 Å². The largest absolute Gasteiger partial charge is 0.494 e. The first kappa shape index (κ1) is 33.6. The van der Waals surface area contributed by atoms with Gasteiger partial charge in [-0.15, -0.1) is 0 Å². The summed E-state index contributed by atoms with van der Waals surface area (Å²) < 4.78 is 12.3. The molecule has 246 valence electrons. The van der Waals surface area contributed by atoms with Crippen LogP contribution in [0.25, 0.3) is 0 Å². The number of hydrogen-bond acceptors (Lipinski definition) is 7. The summed E-state index contributed by atoms with van der Waals surface area (Å²) in [6.07, 6.45) is 9.16. The van der Waals surface area contributed by atoms with Crippen LogP contribution in [0.15, 0.2) is 67.0 Å². The number of carbonyl (C=O) groups excluding carboxylic acids is 2. The van der Waals surface area contributed by atoms with E-state index in [1.54, 1.807) is 30.1 Å². The molecule has 0 bridgehead atoms. The maximum absolute atomic E-state index is 12.4. The Morgan fingerprint density at radius 2 is 1.67 bits per heavy atom. The summed E-state index contributed by atoms with van der Waals surface area (Å²) in [5.74, 6) is 0.305. The molecule has 0 atom stereocenters. The zero-order valence-corrected chi connectivity index (χ0v) is 27.7. The van der Waals surface area contributed by atoms with Crippen LogP contribution < -0.4 is 14.5 Å². The second-order valence-electron chi connectivity index (χ2n) is 12.6. The fourth-order valence-electron chi connectivity index (χ4n) is 6.16. The lowest BCUT2D eigenvalue weighted by Gasteiger charge is -2.33. The van der Waals surface area contributed by atoms with Crippen molar-refractivity contribution in [2.45, 2.75) is 64.7 Å². The minimum atomic E-state index is -0.210. The number of likely N-dealkylation sites (tertiary alicyclic amines) is 1. The van der Waals surface area contributed by atoms with Crippen LogP contribution in [0.4, 0.5) is 11.4 Å². The van der Waals surface area contributed by atoms with E-state index in [2.05, 4.69) is 52.0 Å². The van der Waals surface area contributed by atoms with Gasteiger partial charge in [0.1, 0.15) is 12.2 Å². The van der Waals surface area contributed by atoms with Gasteiger partial charge in [-0.1, -0.05) is 30.3 Å². The van der Waals surface area contributed by atoms with Crippen molar-refractivity contribution in [2.24, 2.45) is 0 Å². The molecule has 9 nitrogen and oxygen atoms in total. The number of carbonyl (C=O) groups is 2. The van der Waals surface area contributed by atoms with Gasteiger partial charge in [0.25, 0.3) is 0 Å². The fraction of sp³-hybridized carbons (Fsp3) is 0.486. The zero-order valence-electron chi connectivity index (χ0n) is 27.7. The van der Waals surface area contributed by atoms with E-state index in [4.69, 9.17) is 9.47 Å². The van der Waals surface area contributed by atoms with Gasteiger partial charge >= 0.3 is 0 Å². The van der Waals surface area contributed by atoms with Crippen LogP contribution in [0.2, 0.25) is 0 Å². The third kappa shape index (κ3) is 9.37. The maximum atomic E-state index is 12.4. The van der Waals surface area contributed by atoms with Gasteiger partial charge in [0.2, 0.25) is 11.8 Å². The van der Waals surface area contributed by atoms with E-state index in [0.29, 0.717) is 30.8 Å². The first-order chi connectivity index (χ1) is 22.4. The molecule has 2 aliphatic heterocycles. The number of benzene rings is 2. The molecule has 0 N–H and O–H groups in total. The third-order valence-corrected chi connectivity index (χ3v) is 9.24. The van der Waals surface area contributed by atoms with Crippen LogP contribution in [-0.4, -0.2) is 86.1 Å². The number of aromatic nitrogens is 1. The number of anilines is 2. The van der Waals surface area contributed by atoms with Crippen molar-refractivity contribution in [1.82, 2.24) is 14.8 Å². The third-order valence-electron chi connectivity index (χ3n) is 9.24. The number of hydrogen-bond donors (Lipinski definition) is 0. The second-order valence-corrected chi connectivity index (χ2v) is 12.6. The molecule has 0 aliphatic carbocycles. The predicted molar refractivity (Wildman–Crippen MR) is 182 cm³/mol. The Labute approximate surface area is 274 Å². The molecule has 46 heavy (non-hydrogen) atoms. The van der Waals surface area contributed by atoms with E-state index in [1.807, 2.05) is 30.5 Å². The molecule has 2 amide bonds. The molecule has 0 radical (unpaired) electrons. The average Bonchev–Trinajstić information content (AvgIpc) is 3.15. The van der Waals surface area contributed by atoms with E-state index in [9.17, 15) is 9.59 Å². The Morgan fingerprint density at radius 1 is 0.891 bits per heavy atom. The maximum Gasteiger partial charge on any atom is 0.236 e. The van der Waals surface area contributed by atoms with E-state index >= 15 is 0 Å². The van der Waals surface area contributed by atoms with E-state index in [1.165, 1.54) is 11.1 Å². The Bertz CT molecular complexity index is 1430. The van der Waals surface area contributed by atoms with Gasteiger partial charge in [0.15, 0.2) is 0 Å². The number of piperidine rings is 1. The Balaban J connectivity index is 1.05. The highest BCUT2D eigenvalue weighted by atomic mass is 16.5. The van der Waals surface area contributed by atoms with Crippen LogP contribution in [0.5, 0.6) is 5.75 Å². The normalized spacial score (nSPS) is 16.2. The summed E-state index contributed by atoms with van der Waals surface area (Å²) in [6.45, 7) is 9.73. The van der Waals surface area contributed by atoms with Crippen molar-refractivity contribution in [3.63, 3.8) is 0 Å². The van der Waals surface area contributed by atoms with Crippen LogP contribution in [0.3, 0.4) is 0 Å². The van der Waals surface area contributed by atoms with Gasteiger partial charge < -0.3 is 24.2 Å². The average molecular weight is 628 g/mol. The molecule has 5 rings (SSSR count). The highest BCUT2D eigenvalue weighted by molar-refractivity contribution is 6.15. The lowest BCUT2D eigenvalue weighted by Crippen LogP contribution is -2.41. The summed E-state index contributed by atoms with van der Waals surface area (Å²) in [5.41, 5.74) is 5.29. The highest BCUT2D eigenvalue weighted by Gasteiger charge is 2.28. The smallest absolute Gasteiger partial charge is 0.236 e.